The maximum Gasteiger partial charge on any atom is 0.342 e. The Balaban J connectivity index is 3.38. The van der Waals surface area contributed by atoms with Crippen molar-refractivity contribution in [3.8, 4) is 12.3 Å². The van der Waals surface area contributed by atoms with Crippen LogP contribution in [0.3, 0.4) is 0 Å². The standard InChI is InChI=1S/C12H12N2O4/c1-4-12(2,3)13-9-7-5-6-8(11(15)16)10(9)14(17)18/h1,5-7,13H,2-3H3,(H,15,16). The fraction of sp³-hybridized carbons (Fsp3) is 0.250. The first-order chi connectivity index (χ1) is 8.28. The molecule has 0 aliphatic carbocycles. The third-order valence-corrected chi connectivity index (χ3v) is 2.26. The zero-order chi connectivity index (χ0) is 13.9. The van der Waals surface area contributed by atoms with E-state index in [1.165, 1.54) is 18.2 Å². The molecule has 1 rings (SSSR count). The van der Waals surface area contributed by atoms with Crippen LogP contribution in [0.5, 0.6) is 0 Å². The molecular weight excluding hydrogens is 236 g/mol. The summed E-state index contributed by atoms with van der Waals surface area (Å²) in [4.78, 5) is 21.2. The lowest BCUT2D eigenvalue weighted by Crippen LogP contribution is -2.29. The summed E-state index contributed by atoms with van der Waals surface area (Å²) < 4.78 is 0. The Hall–Kier alpha value is -2.55. The number of nitrogens with zero attached hydrogens (tertiary/aromatic N) is 1. The Bertz CT molecular complexity index is 543. The van der Waals surface area contributed by atoms with Crippen LogP contribution in [0.15, 0.2) is 18.2 Å². The number of hydrogen-bond donors (Lipinski definition) is 2. The summed E-state index contributed by atoms with van der Waals surface area (Å²) >= 11 is 0. The van der Waals surface area contributed by atoms with E-state index in [1.54, 1.807) is 13.8 Å². The van der Waals surface area contributed by atoms with Gasteiger partial charge in [-0.15, -0.1) is 6.42 Å². The third kappa shape index (κ3) is 2.77. The van der Waals surface area contributed by atoms with Gasteiger partial charge in [-0.25, -0.2) is 4.79 Å². The average Bonchev–Trinajstić information content (AvgIpc) is 2.27. The van der Waals surface area contributed by atoms with Crippen LogP contribution in [0.4, 0.5) is 11.4 Å². The molecular formula is C12H12N2O4. The summed E-state index contributed by atoms with van der Waals surface area (Å²) in [6.07, 6.45) is 5.28. The van der Waals surface area contributed by atoms with Crippen LogP contribution < -0.4 is 5.32 Å². The molecule has 0 aromatic heterocycles. The fourth-order valence-electron chi connectivity index (χ4n) is 1.39. The lowest BCUT2D eigenvalue weighted by Gasteiger charge is -2.21. The van der Waals surface area contributed by atoms with Crippen LogP contribution in [0.2, 0.25) is 0 Å². The Morgan fingerprint density at radius 3 is 2.61 bits per heavy atom. The molecule has 6 heteroatoms. The van der Waals surface area contributed by atoms with E-state index in [0.717, 1.165) is 0 Å². The first-order valence-electron chi connectivity index (χ1n) is 5.05. The first-order valence-corrected chi connectivity index (χ1v) is 5.05. The highest BCUT2D eigenvalue weighted by molar-refractivity contribution is 5.95. The number of nitro groups is 1. The minimum absolute atomic E-state index is 0.0860. The average molecular weight is 248 g/mol. The summed E-state index contributed by atoms with van der Waals surface area (Å²) in [6, 6.07) is 4.02. The first kappa shape index (κ1) is 13.5. The molecule has 6 nitrogen and oxygen atoms in total. The molecule has 0 unspecified atom stereocenters. The molecule has 0 fully saturated rings. The molecule has 2 N–H and O–H groups in total. The van der Waals surface area contributed by atoms with Crippen LogP contribution in [-0.2, 0) is 0 Å². The minimum Gasteiger partial charge on any atom is -0.477 e. The van der Waals surface area contributed by atoms with E-state index in [-0.39, 0.29) is 11.3 Å². The van der Waals surface area contributed by atoms with Gasteiger partial charge < -0.3 is 10.4 Å². The van der Waals surface area contributed by atoms with Crippen molar-refractivity contribution in [1.29, 1.82) is 0 Å². The molecule has 0 heterocycles. The molecule has 1 aromatic carbocycles. The van der Waals surface area contributed by atoms with E-state index in [1.807, 2.05) is 0 Å². The molecule has 0 saturated carbocycles. The number of terminal acetylenes is 1. The number of carboxylic acids is 1. The third-order valence-electron chi connectivity index (χ3n) is 2.26. The Morgan fingerprint density at radius 2 is 2.17 bits per heavy atom. The van der Waals surface area contributed by atoms with Crippen molar-refractivity contribution >= 4 is 17.3 Å². The molecule has 1 aromatic rings. The van der Waals surface area contributed by atoms with Gasteiger partial charge >= 0.3 is 11.7 Å². The maximum absolute atomic E-state index is 11.0. The molecule has 94 valence electrons. The maximum atomic E-state index is 11.0. The van der Waals surface area contributed by atoms with E-state index in [2.05, 4.69) is 11.2 Å². The quantitative estimate of drug-likeness (QED) is 0.483. The molecule has 18 heavy (non-hydrogen) atoms. The van der Waals surface area contributed by atoms with Crippen molar-refractivity contribution in [2.24, 2.45) is 0 Å². The Labute approximate surface area is 104 Å². The number of para-hydroxylation sites is 1. The van der Waals surface area contributed by atoms with E-state index < -0.39 is 22.1 Å². The van der Waals surface area contributed by atoms with Crippen molar-refractivity contribution in [3.63, 3.8) is 0 Å². The van der Waals surface area contributed by atoms with Gasteiger partial charge in [0.1, 0.15) is 11.3 Å². The number of anilines is 1. The van der Waals surface area contributed by atoms with E-state index in [4.69, 9.17) is 11.5 Å². The number of rotatable bonds is 4. The molecule has 0 atom stereocenters. The van der Waals surface area contributed by atoms with E-state index in [9.17, 15) is 14.9 Å². The number of carbonyl (C=O) groups is 1. The van der Waals surface area contributed by atoms with Crippen molar-refractivity contribution in [2.75, 3.05) is 5.32 Å². The number of hydrogen-bond acceptors (Lipinski definition) is 4. The van der Waals surface area contributed by atoms with Gasteiger partial charge in [-0.1, -0.05) is 12.0 Å². The normalized spacial score (nSPS) is 10.5. The zero-order valence-corrected chi connectivity index (χ0v) is 9.93. The van der Waals surface area contributed by atoms with Gasteiger partial charge in [-0.3, -0.25) is 10.1 Å². The second-order valence-electron chi connectivity index (χ2n) is 4.16. The largest absolute Gasteiger partial charge is 0.477 e. The number of carboxylic acid groups (broad SMARTS) is 1. The molecule has 0 bridgehead atoms. The summed E-state index contributed by atoms with van der Waals surface area (Å²) in [5, 5.41) is 22.7. The van der Waals surface area contributed by atoms with Gasteiger partial charge in [-0.05, 0) is 26.0 Å². The number of nitrogens with one attached hydrogen (secondary N) is 1. The fourth-order valence-corrected chi connectivity index (χ4v) is 1.39. The highest BCUT2D eigenvalue weighted by Crippen LogP contribution is 2.30. The van der Waals surface area contributed by atoms with Crippen LogP contribution in [0, 0.1) is 22.5 Å². The van der Waals surface area contributed by atoms with Crippen LogP contribution in [-0.4, -0.2) is 21.5 Å². The lowest BCUT2D eigenvalue weighted by atomic mass is 10.0. The number of nitro benzene ring substituents is 1. The topological polar surface area (TPSA) is 92.5 Å². The SMILES string of the molecule is C#CC(C)(C)Nc1cccc(C(=O)O)c1[N+](=O)[O-]. The monoisotopic (exact) mass is 248 g/mol. The van der Waals surface area contributed by atoms with Gasteiger partial charge in [0.25, 0.3) is 0 Å². The molecule has 0 radical (unpaired) electrons. The predicted molar refractivity (Wildman–Crippen MR) is 66.6 cm³/mol. The van der Waals surface area contributed by atoms with Gasteiger partial charge in [0.05, 0.1) is 10.5 Å². The van der Waals surface area contributed by atoms with Gasteiger partial charge in [-0.2, -0.15) is 0 Å². The Morgan fingerprint density at radius 1 is 1.56 bits per heavy atom. The van der Waals surface area contributed by atoms with Gasteiger partial charge in [0, 0.05) is 0 Å². The van der Waals surface area contributed by atoms with E-state index >= 15 is 0 Å². The summed E-state index contributed by atoms with van der Waals surface area (Å²) in [6.45, 7) is 3.31. The summed E-state index contributed by atoms with van der Waals surface area (Å²) in [5.74, 6) is 1.07. The molecule has 0 spiro atoms. The number of aromatic carboxylic acids is 1. The second-order valence-corrected chi connectivity index (χ2v) is 4.16. The van der Waals surface area contributed by atoms with Crippen LogP contribution >= 0.6 is 0 Å². The highest BCUT2D eigenvalue weighted by atomic mass is 16.6. The lowest BCUT2D eigenvalue weighted by molar-refractivity contribution is -0.384. The molecule has 0 aliphatic heterocycles. The van der Waals surface area contributed by atoms with Crippen LogP contribution in [0.25, 0.3) is 0 Å². The van der Waals surface area contributed by atoms with E-state index in [0.29, 0.717) is 0 Å². The van der Waals surface area contributed by atoms with Crippen molar-refractivity contribution in [2.45, 2.75) is 19.4 Å². The second kappa shape index (κ2) is 4.75. The van der Waals surface area contributed by atoms with Crippen molar-refractivity contribution < 1.29 is 14.8 Å². The summed E-state index contributed by atoms with van der Waals surface area (Å²) in [7, 11) is 0. The van der Waals surface area contributed by atoms with Crippen LogP contribution in [0.1, 0.15) is 24.2 Å². The van der Waals surface area contributed by atoms with Crippen molar-refractivity contribution in [1.82, 2.24) is 0 Å². The van der Waals surface area contributed by atoms with Gasteiger partial charge in [0.15, 0.2) is 0 Å². The number of benzene rings is 1. The minimum atomic E-state index is -1.36. The Kier molecular flexibility index (Phi) is 3.57. The highest BCUT2D eigenvalue weighted by Gasteiger charge is 2.26. The molecule has 0 saturated heterocycles. The summed E-state index contributed by atoms with van der Waals surface area (Å²) in [5.41, 5.74) is -1.60. The zero-order valence-electron chi connectivity index (χ0n) is 9.93. The molecule has 0 amide bonds. The predicted octanol–water partition coefficient (Wildman–Crippen LogP) is 2.12. The smallest absolute Gasteiger partial charge is 0.342 e. The van der Waals surface area contributed by atoms with Gasteiger partial charge in [0.2, 0.25) is 0 Å². The molecule has 0 aliphatic rings. The van der Waals surface area contributed by atoms with Crippen molar-refractivity contribution in [3.05, 3.63) is 33.9 Å².